The van der Waals surface area contributed by atoms with Crippen LogP contribution in [0.5, 0.6) is 0 Å². The van der Waals surface area contributed by atoms with Gasteiger partial charge in [0.2, 0.25) is 0 Å². The number of nitrogens with zero attached hydrogens (tertiary/aromatic N) is 1. The zero-order chi connectivity index (χ0) is 15.3. The van der Waals surface area contributed by atoms with Crippen LogP contribution in [0.2, 0.25) is 0 Å². The van der Waals surface area contributed by atoms with Gasteiger partial charge < -0.3 is 20.5 Å². The van der Waals surface area contributed by atoms with Crippen LogP contribution in [-0.2, 0) is 16.1 Å². The molecule has 0 saturated carbocycles. The Labute approximate surface area is 122 Å². The summed E-state index contributed by atoms with van der Waals surface area (Å²) in [4.78, 5) is 27.5. The number of amides is 2. The predicted molar refractivity (Wildman–Crippen MR) is 74.8 cm³/mol. The average Bonchev–Trinajstić information content (AvgIpc) is 2.47. The lowest BCUT2D eigenvalue weighted by atomic mass is 9.90. The molecule has 0 spiro atoms. The first kappa shape index (κ1) is 15.2. The third kappa shape index (κ3) is 3.91. The van der Waals surface area contributed by atoms with Gasteiger partial charge in [-0.3, -0.25) is 4.98 Å². The van der Waals surface area contributed by atoms with Crippen molar-refractivity contribution in [1.29, 1.82) is 0 Å². The number of carboxylic acid groups (broad SMARTS) is 1. The van der Waals surface area contributed by atoms with Gasteiger partial charge in [-0.05, 0) is 18.6 Å². The lowest BCUT2D eigenvalue weighted by Crippen LogP contribution is -2.59. The van der Waals surface area contributed by atoms with Crippen LogP contribution < -0.4 is 10.6 Å². The lowest BCUT2D eigenvalue weighted by Gasteiger charge is -2.33. The Hall–Kier alpha value is -2.15. The van der Waals surface area contributed by atoms with E-state index >= 15 is 0 Å². The SMILES string of the molecule is Cc1ccc(CNC(=O)NC2(C(=O)O)CCOCC2)cn1. The molecule has 1 fully saturated rings. The second kappa shape index (κ2) is 6.53. The fourth-order valence-corrected chi connectivity index (χ4v) is 2.16. The van der Waals surface area contributed by atoms with Gasteiger partial charge in [0.15, 0.2) is 0 Å². The second-order valence-corrected chi connectivity index (χ2v) is 5.12. The minimum absolute atomic E-state index is 0.266. The molecule has 0 unspecified atom stereocenters. The first-order valence-corrected chi connectivity index (χ1v) is 6.80. The summed E-state index contributed by atoms with van der Waals surface area (Å²) in [7, 11) is 0. The summed E-state index contributed by atoms with van der Waals surface area (Å²) in [6.07, 6.45) is 2.21. The van der Waals surface area contributed by atoms with Crippen LogP contribution in [0.4, 0.5) is 4.79 Å². The van der Waals surface area contributed by atoms with E-state index in [-0.39, 0.29) is 12.8 Å². The molecule has 1 aliphatic heterocycles. The number of rotatable bonds is 4. The number of urea groups is 1. The van der Waals surface area contributed by atoms with Crippen molar-refractivity contribution in [2.45, 2.75) is 31.8 Å². The summed E-state index contributed by atoms with van der Waals surface area (Å²) in [6, 6.07) is 3.22. The quantitative estimate of drug-likeness (QED) is 0.763. The lowest BCUT2D eigenvalue weighted by molar-refractivity contribution is -0.148. The third-order valence-electron chi connectivity index (χ3n) is 3.53. The number of aromatic nitrogens is 1. The highest BCUT2D eigenvalue weighted by Gasteiger charge is 2.41. The number of ether oxygens (including phenoxy) is 1. The van der Waals surface area contributed by atoms with Crippen molar-refractivity contribution in [3.63, 3.8) is 0 Å². The van der Waals surface area contributed by atoms with E-state index in [1.54, 1.807) is 6.20 Å². The molecule has 2 heterocycles. The number of hydrogen-bond donors (Lipinski definition) is 3. The van der Waals surface area contributed by atoms with Crippen molar-refractivity contribution in [2.75, 3.05) is 13.2 Å². The summed E-state index contributed by atoms with van der Waals surface area (Å²) < 4.78 is 5.15. The Morgan fingerprint density at radius 2 is 2.10 bits per heavy atom. The number of aliphatic carboxylic acids is 1. The fourth-order valence-electron chi connectivity index (χ4n) is 2.16. The topological polar surface area (TPSA) is 101 Å². The standard InChI is InChI=1S/C14H19N3O4/c1-10-2-3-11(8-15-10)9-16-13(20)17-14(12(18)19)4-6-21-7-5-14/h2-3,8H,4-7,9H2,1H3,(H,18,19)(H2,16,17,20). The van der Waals surface area contributed by atoms with Crippen LogP contribution in [0.1, 0.15) is 24.1 Å². The van der Waals surface area contributed by atoms with E-state index in [0.717, 1.165) is 11.3 Å². The highest BCUT2D eigenvalue weighted by molar-refractivity contribution is 5.86. The number of pyridine rings is 1. The molecular formula is C14H19N3O4. The van der Waals surface area contributed by atoms with Crippen molar-refractivity contribution in [1.82, 2.24) is 15.6 Å². The van der Waals surface area contributed by atoms with E-state index in [4.69, 9.17) is 4.74 Å². The van der Waals surface area contributed by atoms with Crippen molar-refractivity contribution >= 4 is 12.0 Å². The molecule has 0 aromatic carbocycles. The van der Waals surface area contributed by atoms with Gasteiger partial charge in [0.1, 0.15) is 5.54 Å². The van der Waals surface area contributed by atoms with E-state index in [0.29, 0.717) is 19.8 Å². The largest absolute Gasteiger partial charge is 0.480 e. The molecule has 114 valence electrons. The molecule has 7 nitrogen and oxygen atoms in total. The molecule has 0 aliphatic carbocycles. The number of carbonyl (C=O) groups excluding carboxylic acids is 1. The van der Waals surface area contributed by atoms with Crippen LogP contribution in [0.25, 0.3) is 0 Å². The van der Waals surface area contributed by atoms with Crippen LogP contribution in [0.15, 0.2) is 18.3 Å². The molecule has 0 bridgehead atoms. The number of aryl methyl sites for hydroxylation is 1. The average molecular weight is 293 g/mol. The van der Waals surface area contributed by atoms with Gasteiger partial charge in [0.25, 0.3) is 0 Å². The highest BCUT2D eigenvalue weighted by atomic mass is 16.5. The van der Waals surface area contributed by atoms with Crippen molar-refractivity contribution in [3.8, 4) is 0 Å². The van der Waals surface area contributed by atoms with Gasteiger partial charge in [0.05, 0.1) is 0 Å². The Morgan fingerprint density at radius 3 is 2.67 bits per heavy atom. The predicted octanol–water partition coefficient (Wildman–Crippen LogP) is 0.823. The highest BCUT2D eigenvalue weighted by Crippen LogP contribution is 2.20. The molecule has 2 rings (SSSR count). The summed E-state index contributed by atoms with van der Waals surface area (Å²) >= 11 is 0. The molecule has 1 saturated heterocycles. The van der Waals surface area contributed by atoms with Gasteiger partial charge in [-0.25, -0.2) is 9.59 Å². The normalized spacial score (nSPS) is 17.0. The maximum Gasteiger partial charge on any atom is 0.329 e. The van der Waals surface area contributed by atoms with Gasteiger partial charge in [-0.1, -0.05) is 6.07 Å². The van der Waals surface area contributed by atoms with E-state index in [9.17, 15) is 14.7 Å². The van der Waals surface area contributed by atoms with E-state index in [1.165, 1.54) is 0 Å². The summed E-state index contributed by atoms with van der Waals surface area (Å²) in [5, 5.41) is 14.6. The van der Waals surface area contributed by atoms with E-state index < -0.39 is 17.5 Å². The van der Waals surface area contributed by atoms with Crippen molar-refractivity contribution < 1.29 is 19.4 Å². The summed E-state index contributed by atoms with van der Waals surface area (Å²) in [5.74, 6) is -1.03. The molecule has 3 N–H and O–H groups in total. The molecule has 1 aromatic heterocycles. The zero-order valence-corrected chi connectivity index (χ0v) is 11.9. The fraction of sp³-hybridized carbons (Fsp3) is 0.500. The van der Waals surface area contributed by atoms with Crippen LogP contribution in [0.3, 0.4) is 0 Å². The second-order valence-electron chi connectivity index (χ2n) is 5.12. The minimum atomic E-state index is -1.24. The number of carboxylic acids is 1. The van der Waals surface area contributed by atoms with Gasteiger partial charge >= 0.3 is 12.0 Å². The van der Waals surface area contributed by atoms with Crippen LogP contribution >= 0.6 is 0 Å². The Morgan fingerprint density at radius 1 is 1.38 bits per heavy atom. The maximum atomic E-state index is 11.9. The van der Waals surface area contributed by atoms with Crippen LogP contribution in [-0.4, -0.2) is 40.8 Å². The zero-order valence-electron chi connectivity index (χ0n) is 11.9. The molecule has 1 aliphatic rings. The van der Waals surface area contributed by atoms with E-state index in [1.807, 2.05) is 19.1 Å². The first-order chi connectivity index (χ1) is 10.0. The Bertz CT molecular complexity index is 509. The van der Waals surface area contributed by atoms with Gasteiger partial charge in [0, 0.05) is 44.5 Å². The number of nitrogens with one attached hydrogen (secondary N) is 2. The monoisotopic (exact) mass is 293 g/mol. The maximum absolute atomic E-state index is 11.9. The Kier molecular flexibility index (Phi) is 4.74. The number of hydrogen-bond acceptors (Lipinski definition) is 4. The molecule has 1 aromatic rings. The molecule has 0 radical (unpaired) electrons. The summed E-state index contributed by atoms with van der Waals surface area (Å²) in [5.41, 5.74) is 0.510. The molecular weight excluding hydrogens is 274 g/mol. The first-order valence-electron chi connectivity index (χ1n) is 6.80. The molecule has 7 heteroatoms. The molecule has 0 atom stereocenters. The minimum Gasteiger partial charge on any atom is -0.480 e. The molecule has 2 amide bonds. The summed E-state index contributed by atoms with van der Waals surface area (Å²) in [6.45, 7) is 2.83. The molecule has 21 heavy (non-hydrogen) atoms. The number of carbonyl (C=O) groups is 2. The smallest absolute Gasteiger partial charge is 0.329 e. The van der Waals surface area contributed by atoms with Gasteiger partial charge in [-0.15, -0.1) is 0 Å². The Balaban J connectivity index is 1.90. The van der Waals surface area contributed by atoms with Gasteiger partial charge in [-0.2, -0.15) is 0 Å². The van der Waals surface area contributed by atoms with Crippen molar-refractivity contribution in [3.05, 3.63) is 29.6 Å². The third-order valence-corrected chi connectivity index (χ3v) is 3.53. The van der Waals surface area contributed by atoms with E-state index in [2.05, 4.69) is 15.6 Å². The van der Waals surface area contributed by atoms with Crippen molar-refractivity contribution in [2.24, 2.45) is 0 Å². The van der Waals surface area contributed by atoms with Crippen LogP contribution in [0, 0.1) is 6.92 Å².